The molecule has 1 aliphatic heterocycles. The molecule has 2 heterocycles. The minimum Gasteiger partial charge on any atom is -0.497 e. The van der Waals surface area contributed by atoms with Crippen molar-refractivity contribution in [2.24, 2.45) is 0 Å². The molecule has 0 radical (unpaired) electrons. The highest BCUT2D eigenvalue weighted by Crippen LogP contribution is 2.34. The van der Waals surface area contributed by atoms with Crippen molar-refractivity contribution >= 4 is 22.7 Å². The van der Waals surface area contributed by atoms with Gasteiger partial charge in [-0.3, -0.25) is 9.59 Å². The zero-order chi connectivity index (χ0) is 22.3. The molecule has 2 amide bonds. The lowest BCUT2D eigenvalue weighted by Gasteiger charge is -2.44. The Hall–Kier alpha value is -3.28. The quantitative estimate of drug-likeness (QED) is 0.661. The van der Waals surface area contributed by atoms with Crippen LogP contribution in [-0.4, -0.2) is 40.0 Å². The van der Waals surface area contributed by atoms with E-state index in [1.54, 1.807) is 12.0 Å². The van der Waals surface area contributed by atoms with Gasteiger partial charge in [0.2, 0.25) is 5.91 Å². The van der Waals surface area contributed by atoms with Gasteiger partial charge in [0, 0.05) is 23.5 Å². The smallest absolute Gasteiger partial charge is 0.271 e. The maximum Gasteiger partial charge on any atom is 0.271 e. The van der Waals surface area contributed by atoms with E-state index in [2.05, 4.69) is 5.32 Å². The first-order valence-corrected chi connectivity index (χ1v) is 11.3. The number of rotatable bonds is 5. The highest BCUT2D eigenvalue weighted by atomic mass is 16.5. The number of fused-ring (bicyclic) bond motifs is 3. The number of ether oxygens (including phenoxy) is 1. The number of nitrogens with one attached hydrogen (secondary N) is 1. The molecule has 1 aliphatic carbocycles. The average Bonchev–Trinajstić information content (AvgIpc) is 3.45. The van der Waals surface area contributed by atoms with Crippen LogP contribution >= 0.6 is 0 Å². The summed E-state index contributed by atoms with van der Waals surface area (Å²) in [7, 11) is 1.63. The summed E-state index contributed by atoms with van der Waals surface area (Å²) in [6, 6.07) is 17.8. The Kier molecular flexibility index (Phi) is 5.16. The van der Waals surface area contributed by atoms with Gasteiger partial charge in [0.05, 0.1) is 13.7 Å². The molecule has 1 fully saturated rings. The molecule has 0 saturated heterocycles. The number of nitrogens with zero attached hydrogens (tertiary/aromatic N) is 2. The van der Waals surface area contributed by atoms with Gasteiger partial charge in [-0.15, -0.1) is 0 Å². The highest BCUT2D eigenvalue weighted by molar-refractivity contribution is 6.03. The topological polar surface area (TPSA) is 63.6 Å². The molecular formula is C26H29N3O3. The zero-order valence-electron chi connectivity index (χ0n) is 18.6. The van der Waals surface area contributed by atoms with Gasteiger partial charge >= 0.3 is 0 Å². The van der Waals surface area contributed by atoms with Crippen LogP contribution in [-0.2, 0) is 17.9 Å². The van der Waals surface area contributed by atoms with Crippen LogP contribution in [0.1, 0.15) is 48.7 Å². The second kappa shape index (κ2) is 8.01. The standard InChI is InChI=1S/C26H29N3O3/c1-26(25(31)27-20-8-4-5-9-20)17-28-22-10-6-3-7-19(22)15-23(28)24(30)29(26)16-18-11-13-21(32-2)14-12-18/h3,6-7,10-15,20H,4-5,8-9,16-17H2,1-2H3,(H,27,31)/t26-/m1/s1. The minimum atomic E-state index is -0.992. The van der Waals surface area contributed by atoms with E-state index < -0.39 is 5.54 Å². The molecule has 0 unspecified atom stereocenters. The fourth-order valence-electron chi connectivity index (χ4n) is 5.08. The van der Waals surface area contributed by atoms with E-state index in [4.69, 9.17) is 4.74 Å². The van der Waals surface area contributed by atoms with Gasteiger partial charge in [-0.05, 0) is 49.6 Å². The van der Waals surface area contributed by atoms with Gasteiger partial charge in [0.15, 0.2) is 0 Å². The molecule has 1 N–H and O–H groups in total. The summed E-state index contributed by atoms with van der Waals surface area (Å²) in [6.07, 6.45) is 4.29. The maximum absolute atomic E-state index is 13.8. The normalized spacial score (nSPS) is 21.1. The average molecular weight is 432 g/mol. The van der Waals surface area contributed by atoms with E-state index in [0.29, 0.717) is 18.8 Å². The molecule has 2 aliphatic rings. The second-order valence-corrected chi connectivity index (χ2v) is 9.14. The SMILES string of the molecule is COc1ccc(CN2C(=O)c3cc4ccccc4n3C[C@]2(C)C(=O)NC2CCCC2)cc1. The Morgan fingerprint density at radius 3 is 2.56 bits per heavy atom. The molecule has 5 rings (SSSR count). The number of hydrogen-bond acceptors (Lipinski definition) is 3. The lowest BCUT2D eigenvalue weighted by Crippen LogP contribution is -2.64. The Bertz CT molecular complexity index is 1160. The number of methoxy groups -OCH3 is 1. The molecule has 6 nitrogen and oxygen atoms in total. The Morgan fingerprint density at radius 1 is 1.12 bits per heavy atom. The molecule has 1 saturated carbocycles. The first-order chi connectivity index (χ1) is 15.5. The predicted molar refractivity (Wildman–Crippen MR) is 124 cm³/mol. The summed E-state index contributed by atoms with van der Waals surface area (Å²) < 4.78 is 7.28. The number of carbonyl (C=O) groups is 2. The monoisotopic (exact) mass is 431 g/mol. The molecule has 3 aromatic rings. The molecule has 1 atom stereocenters. The van der Waals surface area contributed by atoms with E-state index in [1.807, 2.05) is 66.1 Å². The van der Waals surface area contributed by atoms with Gasteiger partial charge in [-0.2, -0.15) is 0 Å². The van der Waals surface area contributed by atoms with Crippen LogP contribution in [0.25, 0.3) is 10.9 Å². The Labute approximate surface area is 188 Å². The fourth-order valence-corrected chi connectivity index (χ4v) is 5.08. The first kappa shape index (κ1) is 20.6. The van der Waals surface area contributed by atoms with Gasteiger partial charge < -0.3 is 19.5 Å². The maximum atomic E-state index is 13.8. The van der Waals surface area contributed by atoms with Gasteiger partial charge in [-0.1, -0.05) is 43.2 Å². The Morgan fingerprint density at radius 2 is 1.84 bits per heavy atom. The van der Waals surface area contributed by atoms with Gasteiger partial charge in [0.1, 0.15) is 17.0 Å². The molecule has 0 bridgehead atoms. The Balaban J connectivity index is 1.54. The lowest BCUT2D eigenvalue weighted by atomic mass is 9.93. The second-order valence-electron chi connectivity index (χ2n) is 9.14. The van der Waals surface area contributed by atoms with Crippen LogP contribution in [0.4, 0.5) is 0 Å². The largest absolute Gasteiger partial charge is 0.497 e. The number of benzene rings is 2. The van der Waals surface area contributed by atoms with Crippen LogP contribution in [0.2, 0.25) is 0 Å². The lowest BCUT2D eigenvalue weighted by molar-refractivity contribution is -0.133. The van der Waals surface area contributed by atoms with Crippen LogP contribution in [0.3, 0.4) is 0 Å². The summed E-state index contributed by atoms with van der Waals surface area (Å²) in [6.45, 7) is 2.69. The molecule has 2 aromatic carbocycles. The van der Waals surface area contributed by atoms with E-state index >= 15 is 0 Å². The molecule has 0 spiro atoms. The van der Waals surface area contributed by atoms with E-state index in [9.17, 15) is 9.59 Å². The third-order valence-electron chi connectivity index (χ3n) is 7.02. The van der Waals surface area contributed by atoms with Crippen molar-refractivity contribution in [2.45, 2.75) is 57.3 Å². The molecule has 166 valence electrons. The summed E-state index contributed by atoms with van der Waals surface area (Å²) in [5.41, 5.74) is 1.59. The molecular weight excluding hydrogens is 402 g/mol. The number of hydrogen-bond donors (Lipinski definition) is 1. The molecule has 6 heteroatoms. The number of para-hydroxylation sites is 1. The van der Waals surface area contributed by atoms with Crippen molar-refractivity contribution in [3.63, 3.8) is 0 Å². The van der Waals surface area contributed by atoms with Crippen molar-refractivity contribution in [3.8, 4) is 5.75 Å². The van der Waals surface area contributed by atoms with E-state index in [0.717, 1.165) is 47.9 Å². The zero-order valence-corrected chi connectivity index (χ0v) is 18.6. The first-order valence-electron chi connectivity index (χ1n) is 11.3. The van der Waals surface area contributed by atoms with Crippen molar-refractivity contribution in [3.05, 3.63) is 65.9 Å². The predicted octanol–water partition coefficient (Wildman–Crippen LogP) is 4.12. The third kappa shape index (κ3) is 3.44. The minimum absolute atomic E-state index is 0.0744. The van der Waals surface area contributed by atoms with Crippen LogP contribution in [0, 0.1) is 0 Å². The summed E-state index contributed by atoms with van der Waals surface area (Å²) >= 11 is 0. The van der Waals surface area contributed by atoms with Gasteiger partial charge in [-0.25, -0.2) is 0 Å². The fraction of sp³-hybridized carbons (Fsp3) is 0.385. The van der Waals surface area contributed by atoms with Crippen LogP contribution < -0.4 is 10.1 Å². The van der Waals surface area contributed by atoms with Crippen molar-refractivity contribution < 1.29 is 14.3 Å². The van der Waals surface area contributed by atoms with Crippen molar-refractivity contribution in [1.82, 2.24) is 14.8 Å². The third-order valence-corrected chi connectivity index (χ3v) is 7.02. The van der Waals surface area contributed by atoms with Crippen molar-refractivity contribution in [2.75, 3.05) is 7.11 Å². The number of carbonyl (C=O) groups excluding carboxylic acids is 2. The van der Waals surface area contributed by atoms with Gasteiger partial charge in [0.25, 0.3) is 5.91 Å². The summed E-state index contributed by atoms with van der Waals surface area (Å²) in [5.74, 6) is 0.572. The summed E-state index contributed by atoms with van der Waals surface area (Å²) in [5, 5.41) is 4.26. The summed E-state index contributed by atoms with van der Waals surface area (Å²) in [4.78, 5) is 29.2. The number of amides is 2. The number of aromatic nitrogens is 1. The molecule has 32 heavy (non-hydrogen) atoms. The van der Waals surface area contributed by atoms with Crippen LogP contribution in [0.5, 0.6) is 5.75 Å². The van der Waals surface area contributed by atoms with E-state index in [-0.39, 0.29) is 17.9 Å². The molecule has 1 aromatic heterocycles. The highest BCUT2D eigenvalue weighted by Gasteiger charge is 2.48. The van der Waals surface area contributed by atoms with Crippen molar-refractivity contribution in [1.29, 1.82) is 0 Å². The van der Waals surface area contributed by atoms with Crippen LogP contribution in [0.15, 0.2) is 54.6 Å². The van der Waals surface area contributed by atoms with E-state index in [1.165, 1.54) is 0 Å².